The lowest BCUT2D eigenvalue weighted by molar-refractivity contribution is -0.894. The molecule has 0 unspecified atom stereocenters. The quantitative estimate of drug-likeness (QED) is 0.478. The Morgan fingerprint density at radius 1 is 0.667 bits per heavy atom. The molecule has 0 atom stereocenters. The highest BCUT2D eigenvalue weighted by Crippen LogP contribution is 2.58. The van der Waals surface area contributed by atoms with Gasteiger partial charge in [0.1, 0.15) is 0 Å². The van der Waals surface area contributed by atoms with Gasteiger partial charge >= 0.3 is 29.2 Å². The Morgan fingerprint density at radius 3 is 1.11 bits per heavy atom. The highest BCUT2D eigenvalue weighted by atomic mass is 32.2. The first-order chi connectivity index (χ1) is 11.6. The molecule has 0 saturated carbocycles. The zero-order chi connectivity index (χ0) is 22.7. The summed E-state index contributed by atoms with van der Waals surface area (Å²) in [6.07, 6.45) is -7.41. The molecule has 0 amide bonds. The molecule has 16 heteroatoms. The second-order valence-corrected chi connectivity index (χ2v) is 6.42. The van der Waals surface area contributed by atoms with Crippen molar-refractivity contribution in [1.82, 2.24) is 0 Å². The lowest BCUT2D eigenvalue weighted by atomic mass is 10.0. The maximum Gasteiger partial charge on any atom is 0.460 e. The fraction of sp³-hybridized carbons (Fsp3) is 1.00. The number of halogens is 11. The van der Waals surface area contributed by atoms with Crippen molar-refractivity contribution in [3.63, 3.8) is 0 Å². The van der Waals surface area contributed by atoms with Gasteiger partial charge in [-0.2, -0.15) is 48.3 Å². The van der Waals surface area contributed by atoms with Crippen molar-refractivity contribution in [2.45, 2.75) is 50.0 Å². The minimum absolute atomic E-state index is 1.27. The molecule has 0 radical (unpaired) electrons. The van der Waals surface area contributed by atoms with Crippen LogP contribution in [0.25, 0.3) is 0 Å². The molecule has 166 valence electrons. The van der Waals surface area contributed by atoms with Crippen LogP contribution in [0.1, 0.15) is 20.8 Å². The zero-order valence-corrected chi connectivity index (χ0v) is 14.7. The van der Waals surface area contributed by atoms with Gasteiger partial charge in [-0.05, 0) is 20.8 Å². The monoisotopic (exact) mass is 451 g/mol. The summed E-state index contributed by atoms with van der Waals surface area (Å²) in [5.41, 5.74) is 0. The van der Waals surface area contributed by atoms with Gasteiger partial charge in [0, 0.05) is 0 Å². The first kappa shape index (κ1) is 28.3. The van der Waals surface area contributed by atoms with E-state index in [2.05, 4.69) is 20.8 Å². The van der Waals surface area contributed by atoms with Crippen molar-refractivity contribution in [3.8, 4) is 0 Å². The number of nitrogens with one attached hydrogen (secondary N) is 1. The van der Waals surface area contributed by atoms with Crippen molar-refractivity contribution < 1.29 is 66.2 Å². The van der Waals surface area contributed by atoms with E-state index < -0.39 is 39.3 Å². The summed E-state index contributed by atoms with van der Waals surface area (Å²) in [5, 5.41) is -7.40. The van der Waals surface area contributed by atoms with Gasteiger partial charge in [-0.3, -0.25) is 0 Å². The Kier molecular flexibility index (Phi) is 9.05. The molecule has 27 heavy (non-hydrogen) atoms. The largest absolute Gasteiger partial charge is 0.743 e. The second-order valence-electron chi connectivity index (χ2n) is 5.00. The molecule has 0 fully saturated rings. The minimum atomic E-state index is -7.90. The molecule has 0 bridgehead atoms. The van der Waals surface area contributed by atoms with Crippen LogP contribution in [0.5, 0.6) is 0 Å². The maximum absolute atomic E-state index is 12.4. The normalized spacial score (nSPS) is 14.8. The van der Waals surface area contributed by atoms with E-state index in [1.165, 1.54) is 19.6 Å². The minimum Gasteiger partial charge on any atom is -0.743 e. The van der Waals surface area contributed by atoms with Crippen LogP contribution in [0.3, 0.4) is 0 Å². The van der Waals surface area contributed by atoms with E-state index in [4.69, 9.17) is 0 Å². The fourth-order valence-electron chi connectivity index (χ4n) is 1.46. The van der Waals surface area contributed by atoms with E-state index in [0.717, 1.165) is 0 Å². The summed E-state index contributed by atoms with van der Waals surface area (Å²) in [4.78, 5) is 1.68. The third-order valence-electron chi connectivity index (χ3n) is 3.32. The van der Waals surface area contributed by atoms with Gasteiger partial charge in [0.2, 0.25) is 0 Å². The van der Waals surface area contributed by atoms with Gasteiger partial charge in [0.05, 0.1) is 19.6 Å². The first-order valence-electron chi connectivity index (χ1n) is 6.96. The Balaban J connectivity index is 0. The van der Waals surface area contributed by atoms with E-state index in [9.17, 15) is 61.3 Å². The SMILES string of the molecule is CC[NH+](CC)CC.O=S(=O)([O-])C(F)(F)C(F)(F)C(F)(F)C(F)(F)C(F)(F)F. The summed E-state index contributed by atoms with van der Waals surface area (Å²) in [7, 11) is -7.66. The maximum atomic E-state index is 12.4. The molecule has 0 aromatic carbocycles. The molecule has 0 rings (SSSR count). The van der Waals surface area contributed by atoms with Crippen molar-refractivity contribution in [1.29, 1.82) is 0 Å². The molecule has 0 heterocycles. The molecule has 0 aliphatic carbocycles. The van der Waals surface area contributed by atoms with Gasteiger partial charge < -0.3 is 9.45 Å². The van der Waals surface area contributed by atoms with Crippen LogP contribution in [-0.4, -0.2) is 61.8 Å². The van der Waals surface area contributed by atoms with Crippen LogP contribution in [-0.2, 0) is 10.1 Å². The number of quaternary nitrogens is 1. The molecule has 0 aromatic heterocycles. The smallest absolute Gasteiger partial charge is 0.460 e. The molecule has 0 spiro atoms. The number of hydrogen-bond acceptors (Lipinski definition) is 3. The van der Waals surface area contributed by atoms with Crippen LogP contribution in [0.15, 0.2) is 0 Å². The molecule has 4 nitrogen and oxygen atoms in total. The van der Waals surface area contributed by atoms with E-state index >= 15 is 0 Å². The summed E-state index contributed by atoms with van der Waals surface area (Å²) in [5.74, 6) is -23.4. The molecular formula is C11H16F11NO3S. The van der Waals surface area contributed by atoms with Gasteiger partial charge in [-0.25, -0.2) is 8.42 Å². The predicted octanol–water partition coefficient (Wildman–Crippen LogP) is 2.52. The molecule has 0 aromatic rings. The predicted molar refractivity (Wildman–Crippen MR) is 68.1 cm³/mol. The third kappa shape index (κ3) is 5.34. The number of alkyl halides is 11. The Labute approximate surface area is 147 Å². The van der Waals surface area contributed by atoms with Crippen molar-refractivity contribution in [3.05, 3.63) is 0 Å². The Hall–Kier alpha value is -0.900. The van der Waals surface area contributed by atoms with Crippen LogP contribution in [0.2, 0.25) is 0 Å². The van der Waals surface area contributed by atoms with Gasteiger partial charge in [0.25, 0.3) is 0 Å². The topological polar surface area (TPSA) is 61.6 Å². The van der Waals surface area contributed by atoms with Crippen LogP contribution in [0.4, 0.5) is 48.3 Å². The summed E-state index contributed by atoms with van der Waals surface area (Å²) in [6, 6.07) is 0. The number of hydrogen-bond donors (Lipinski definition) is 1. The van der Waals surface area contributed by atoms with Crippen LogP contribution in [0, 0.1) is 0 Å². The van der Waals surface area contributed by atoms with Gasteiger partial charge in [0.15, 0.2) is 10.1 Å². The average Bonchev–Trinajstić information content (AvgIpc) is 2.46. The van der Waals surface area contributed by atoms with E-state index in [1.807, 2.05) is 0 Å². The lowest BCUT2D eigenvalue weighted by Gasteiger charge is -2.37. The molecular weight excluding hydrogens is 435 g/mol. The van der Waals surface area contributed by atoms with Gasteiger partial charge in [-0.1, -0.05) is 0 Å². The standard InChI is InChI=1S/C6H15N.C5HF11O3S/c1-4-7(5-2)6-3;6-1(7,2(8,9)4(12,13)14)3(10,11)5(15,16)20(17,18)19/h4-6H2,1-3H3;(H,17,18,19). The summed E-state index contributed by atoms with van der Waals surface area (Å²) >= 11 is 0. The van der Waals surface area contributed by atoms with Gasteiger partial charge in [-0.15, -0.1) is 0 Å². The Morgan fingerprint density at radius 2 is 0.963 bits per heavy atom. The van der Waals surface area contributed by atoms with Crippen LogP contribution >= 0.6 is 0 Å². The third-order valence-corrected chi connectivity index (χ3v) is 4.21. The fourth-order valence-corrected chi connectivity index (χ4v) is 1.91. The zero-order valence-electron chi connectivity index (χ0n) is 13.9. The lowest BCUT2D eigenvalue weighted by Crippen LogP contribution is -3.11. The highest BCUT2D eigenvalue weighted by molar-refractivity contribution is 7.86. The average molecular weight is 451 g/mol. The molecule has 0 aliphatic rings. The summed E-state index contributed by atoms with van der Waals surface area (Å²) in [6.45, 7) is 10.5. The van der Waals surface area contributed by atoms with Crippen molar-refractivity contribution in [2.75, 3.05) is 19.6 Å². The van der Waals surface area contributed by atoms with Crippen LogP contribution < -0.4 is 4.90 Å². The molecule has 0 saturated heterocycles. The Bertz CT molecular complexity index is 565. The highest BCUT2D eigenvalue weighted by Gasteiger charge is 2.88. The summed E-state index contributed by atoms with van der Waals surface area (Å²) < 4.78 is 162. The van der Waals surface area contributed by atoms with Crippen molar-refractivity contribution in [2.24, 2.45) is 0 Å². The van der Waals surface area contributed by atoms with E-state index in [1.54, 1.807) is 4.90 Å². The van der Waals surface area contributed by atoms with E-state index in [0.29, 0.717) is 0 Å². The van der Waals surface area contributed by atoms with E-state index in [-0.39, 0.29) is 0 Å². The second kappa shape index (κ2) is 8.63. The first-order valence-corrected chi connectivity index (χ1v) is 8.37. The van der Waals surface area contributed by atoms with Crippen molar-refractivity contribution >= 4 is 10.1 Å². The molecule has 0 aliphatic heterocycles. The molecule has 1 N–H and O–H groups in total. The number of rotatable bonds is 7.